The molecule has 0 amide bonds. The number of hydrogen-bond donors (Lipinski definition) is 1. The highest BCUT2D eigenvalue weighted by atomic mass is 16.7. The molecule has 2 aromatic heterocycles. The number of hydrogen-bond acceptors (Lipinski definition) is 7. The second kappa shape index (κ2) is 5.32. The van der Waals surface area contributed by atoms with Gasteiger partial charge in [-0.25, -0.2) is 4.98 Å². The maximum Gasteiger partial charge on any atom is 0.240 e. The van der Waals surface area contributed by atoms with Crippen molar-refractivity contribution in [3.05, 3.63) is 53.3 Å². The molecule has 2 aromatic carbocycles. The fraction of sp³-hybridized carbons (Fsp3) is 0.111. The first kappa shape index (κ1) is 14.5. The first-order valence-electron chi connectivity index (χ1n) is 7.95. The fourth-order valence-corrected chi connectivity index (χ4v) is 3.10. The number of aromatic nitrogens is 4. The molecule has 26 heavy (non-hydrogen) atoms. The summed E-state index contributed by atoms with van der Waals surface area (Å²) in [6.45, 7) is 0.234. The summed E-state index contributed by atoms with van der Waals surface area (Å²) in [5, 5.41) is 14.1. The summed E-state index contributed by atoms with van der Waals surface area (Å²) in [5.41, 5.74) is 8.67. The van der Waals surface area contributed by atoms with E-state index in [1.54, 1.807) is 16.6 Å². The molecule has 8 nitrogen and oxygen atoms in total. The van der Waals surface area contributed by atoms with Gasteiger partial charge in [0.1, 0.15) is 5.82 Å². The van der Waals surface area contributed by atoms with Crippen molar-refractivity contribution in [2.75, 3.05) is 12.5 Å². The fourth-order valence-electron chi connectivity index (χ4n) is 3.10. The van der Waals surface area contributed by atoms with Crippen molar-refractivity contribution < 1.29 is 9.47 Å². The van der Waals surface area contributed by atoms with Crippen LogP contribution in [0, 0.1) is 11.3 Å². The van der Waals surface area contributed by atoms with Crippen LogP contribution in [0.5, 0.6) is 11.5 Å². The SMILES string of the molecule is N#Cc1ccc2nc(Cc3ccc4c(c3)OCO4)n3nc(N)nc3c2c1. The Balaban J connectivity index is 1.68. The van der Waals surface area contributed by atoms with Gasteiger partial charge in [-0.05, 0) is 35.9 Å². The molecule has 126 valence electrons. The van der Waals surface area contributed by atoms with E-state index in [2.05, 4.69) is 16.2 Å². The Morgan fingerprint density at radius 3 is 2.88 bits per heavy atom. The highest BCUT2D eigenvalue weighted by Gasteiger charge is 2.16. The monoisotopic (exact) mass is 344 g/mol. The summed E-state index contributed by atoms with van der Waals surface area (Å²) < 4.78 is 12.4. The Kier molecular flexibility index (Phi) is 2.96. The molecule has 0 spiro atoms. The van der Waals surface area contributed by atoms with Crippen molar-refractivity contribution in [2.24, 2.45) is 0 Å². The molecule has 0 radical (unpaired) electrons. The molecular weight excluding hydrogens is 332 g/mol. The van der Waals surface area contributed by atoms with Crippen LogP contribution in [0.1, 0.15) is 17.0 Å². The molecule has 0 fully saturated rings. The number of nitrogen functional groups attached to an aromatic ring is 1. The molecule has 5 rings (SSSR count). The van der Waals surface area contributed by atoms with Crippen LogP contribution in [0.3, 0.4) is 0 Å². The average molecular weight is 344 g/mol. The normalized spacial score (nSPS) is 12.6. The van der Waals surface area contributed by atoms with Gasteiger partial charge in [0.15, 0.2) is 17.1 Å². The third kappa shape index (κ3) is 2.18. The van der Waals surface area contributed by atoms with Gasteiger partial charge < -0.3 is 15.2 Å². The highest BCUT2D eigenvalue weighted by molar-refractivity contribution is 5.92. The Labute approximate surface area is 147 Å². The summed E-state index contributed by atoms with van der Waals surface area (Å²) >= 11 is 0. The number of fused-ring (bicyclic) bond motifs is 4. The van der Waals surface area contributed by atoms with Gasteiger partial charge in [-0.2, -0.15) is 14.8 Å². The molecule has 0 saturated heterocycles. The number of nitrogens with zero attached hydrogens (tertiary/aromatic N) is 5. The van der Waals surface area contributed by atoms with Gasteiger partial charge in [-0.15, -0.1) is 5.10 Å². The minimum absolute atomic E-state index is 0.161. The van der Waals surface area contributed by atoms with Crippen molar-refractivity contribution in [1.29, 1.82) is 5.26 Å². The van der Waals surface area contributed by atoms with E-state index in [1.165, 1.54) is 0 Å². The van der Waals surface area contributed by atoms with Crippen LogP contribution in [-0.2, 0) is 6.42 Å². The van der Waals surface area contributed by atoms with E-state index in [4.69, 9.17) is 25.5 Å². The number of nitriles is 1. The Bertz CT molecular complexity index is 1220. The van der Waals surface area contributed by atoms with Crippen molar-refractivity contribution in [3.8, 4) is 17.6 Å². The van der Waals surface area contributed by atoms with Gasteiger partial charge >= 0.3 is 0 Å². The molecule has 1 aliphatic heterocycles. The Morgan fingerprint density at radius 2 is 2.00 bits per heavy atom. The molecule has 1 aliphatic rings. The van der Waals surface area contributed by atoms with Crippen molar-refractivity contribution in [3.63, 3.8) is 0 Å². The minimum Gasteiger partial charge on any atom is -0.454 e. The molecule has 2 N–H and O–H groups in total. The topological polar surface area (TPSA) is 111 Å². The standard InChI is InChI=1S/C18H12N6O2/c19-8-11-1-3-13-12(5-11)17-22-18(20)23-24(17)16(21-13)7-10-2-4-14-15(6-10)26-9-25-14/h1-6H,7,9H2,(H2,20,23). The van der Waals surface area contributed by atoms with Crippen LogP contribution in [0.4, 0.5) is 5.95 Å². The number of anilines is 1. The van der Waals surface area contributed by atoms with Crippen molar-refractivity contribution >= 4 is 22.5 Å². The quantitative estimate of drug-likeness (QED) is 0.592. The lowest BCUT2D eigenvalue weighted by Crippen LogP contribution is -2.05. The molecule has 8 heteroatoms. The summed E-state index contributed by atoms with van der Waals surface area (Å²) in [6.07, 6.45) is 0.520. The predicted molar refractivity (Wildman–Crippen MR) is 92.8 cm³/mol. The van der Waals surface area contributed by atoms with E-state index in [-0.39, 0.29) is 12.7 Å². The lowest BCUT2D eigenvalue weighted by atomic mass is 10.1. The van der Waals surface area contributed by atoms with Gasteiger partial charge in [0.05, 0.1) is 17.1 Å². The first-order chi connectivity index (χ1) is 12.7. The van der Waals surface area contributed by atoms with Crippen molar-refractivity contribution in [1.82, 2.24) is 19.6 Å². The van der Waals surface area contributed by atoms with Crippen LogP contribution in [-0.4, -0.2) is 26.4 Å². The first-order valence-corrected chi connectivity index (χ1v) is 7.95. The minimum atomic E-state index is 0.161. The van der Waals surface area contributed by atoms with Gasteiger partial charge in [-0.1, -0.05) is 6.07 Å². The summed E-state index contributed by atoms with van der Waals surface area (Å²) in [5.74, 6) is 2.31. The van der Waals surface area contributed by atoms with Gasteiger partial charge in [0, 0.05) is 11.8 Å². The molecule has 3 heterocycles. The number of rotatable bonds is 2. The lowest BCUT2D eigenvalue weighted by molar-refractivity contribution is 0.174. The zero-order chi connectivity index (χ0) is 17.7. The van der Waals surface area contributed by atoms with Crippen LogP contribution in [0.15, 0.2) is 36.4 Å². The van der Waals surface area contributed by atoms with Crippen LogP contribution in [0.2, 0.25) is 0 Å². The summed E-state index contributed by atoms with van der Waals surface area (Å²) in [6, 6.07) is 13.2. The zero-order valence-corrected chi connectivity index (χ0v) is 13.5. The van der Waals surface area contributed by atoms with E-state index in [0.29, 0.717) is 23.5 Å². The molecule has 0 aliphatic carbocycles. The lowest BCUT2D eigenvalue weighted by Gasteiger charge is -2.07. The zero-order valence-electron chi connectivity index (χ0n) is 13.5. The Hall–Kier alpha value is -3.86. The molecular formula is C18H12N6O2. The molecule has 4 aromatic rings. The molecule has 0 bridgehead atoms. The van der Waals surface area contributed by atoms with E-state index in [1.807, 2.05) is 24.3 Å². The summed E-state index contributed by atoms with van der Waals surface area (Å²) in [4.78, 5) is 9.02. The maximum absolute atomic E-state index is 9.14. The van der Waals surface area contributed by atoms with E-state index >= 15 is 0 Å². The highest BCUT2D eigenvalue weighted by Crippen LogP contribution is 2.33. The van der Waals surface area contributed by atoms with Crippen LogP contribution >= 0.6 is 0 Å². The second-order valence-electron chi connectivity index (χ2n) is 5.94. The summed E-state index contributed by atoms with van der Waals surface area (Å²) in [7, 11) is 0. The maximum atomic E-state index is 9.14. The van der Waals surface area contributed by atoms with Gasteiger partial charge in [0.25, 0.3) is 0 Å². The molecule has 0 unspecified atom stereocenters. The number of ether oxygens (including phenoxy) is 2. The van der Waals surface area contributed by atoms with E-state index in [0.717, 1.165) is 28.0 Å². The smallest absolute Gasteiger partial charge is 0.240 e. The van der Waals surface area contributed by atoms with E-state index < -0.39 is 0 Å². The van der Waals surface area contributed by atoms with Gasteiger partial charge in [-0.3, -0.25) is 0 Å². The second-order valence-corrected chi connectivity index (χ2v) is 5.94. The van der Waals surface area contributed by atoms with Crippen LogP contribution in [0.25, 0.3) is 16.6 Å². The largest absolute Gasteiger partial charge is 0.454 e. The predicted octanol–water partition coefficient (Wildman–Crippen LogP) is 2.05. The average Bonchev–Trinajstić information content (AvgIpc) is 3.27. The van der Waals surface area contributed by atoms with Crippen molar-refractivity contribution in [2.45, 2.75) is 6.42 Å². The third-order valence-corrected chi connectivity index (χ3v) is 4.28. The van der Waals surface area contributed by atoms with E-state index in [9.17, 15) is 0 Å². The molecule has 0 saturated carbocycles. The van der Waals surface area contributed by atoms with Gasteiger partial charge in [0.2, 0.25) is 12.7 Å². The number of benzene rings is 2. The third-order valence-electron chi connectivity index (χ3n) is 4.28. The Morgan fingerprint density at radius 1 is 1.12 bits per heavy atom. The molecule has 0 atom stereocenters. The van der Waals surface area contributed by atoms with Crippen LogP contribution < -0.4 is 15.2 Å². The number of nitrogens with two attached hydrogens (primary N) is 1.